The summed E-state index contributed by atoms with van der Waals surface area (Å²) in [6, 6.07) is 9.79. The van der Waals surface area contributed by atoms with E-state index in [2.05, 4.69) is 11.9 Å². The molecule has 0 spiro atoms. The minimum atomic E-state index is -0.541. The first kappa shape index (κ1) is 11.8. The molecule has 96 valence electrons. The van der Waals surface area contributed by atoms with Crippen LogP contribution in [0.1, 0.15) is 24.7 Å². The molecule has 1 aromatic carbocycles. The van der Waals surface area contributed by atoms with Crippen LogP contribution in [0, 0.1) is 5.92 Å². The molecule has 1 saturated carbocycles. The van der Waals surface area contributed by atoms with Gasteiger partial charge in [0.1, 0.15) is 17.4 Å². The van der Waals surface area contributed by atoms with E-state index in [0.29, 0.717) is 12.3 Å². The number of fused-ring (bicyclic) bond motifs is 1. The minimum absolute atomic E-state index is 0.541. The van der Waals surface area contributed by atoms with Crippen LogP contribution in [0.2, 0.25) is 0 Å². The number of hydrogen-bond acceptors (Lipinski definition) is 3. The molecule has 0 radical (unpaired) electrons. The van der Waals surface area contributed by atoms with Crippen molar-refractivity contribution in [3.8, 4) is 0 Å². The highest BCUT2D eigenvalue weighted by Crippen LogP contribution is 2.30. The molecular formula is C15H19NO2. The van der Waals surface area contributed by atoms with Crippen molar-refractivity contribution in [1.82, 2.24) is 4.90 Å². The second-order valence-electron chi connectivity index (χ2n) is 5.37. The zero-order valence-corrected chi connectivity index (χ0v) is 10.7. The van der Waals surface area contributed by atoms with Crippen LogP contribution in [-0.2, 0) is 0 Å². The van der Waals surface area contributed by atoms with Crippen LogP contribution in [-0.4, -0.2) is 30.1 Å². The molecular weight excluding hydrogens is 226 g/mol. The molecule has 0 saturated heterocycles. The van der Waals surface area contributed by atoms with E-state index in [1.807, 2.05) is 30.3 Å². The summed E-state index contributed by atoms with van der Waals surface area (Å²) in [5.41, 5.74) is 0.844. The van der Waals surface area contributed by atoms with Crippen molar-refractivity contribution >= 4 is 11.0 Å². The Bertz CT molecular complexity index is 497. The van der Waals surface area contributed by atoms with Crippen LogP contribution >= 0.6 is 0 Å². The lowest BCUT2D eigenvalue weighted by molar-refractivity contribution is 0.106. The van der Waals surface area contributed by atoms with Gasteiger partial charge in [-0.05, 0) is 37.9 Å². The minimum Gasteiger partial charge on any atom is -0.458 e. The Balaban J connectivity index is 1.68. The molecule has 0 bridgehead atoms. The second-order valence-corrected chi connectivity index (χ2v) is 5.37. The van der Waals surface area contributed by atoms with Crippen molar-refractivity contribution in [2.45, 2.75) is 18.9 Å². The van der Waals surface area contributed by atoms with Gasteiger partial charge in [-0.1, -0.05) is 18.2 Å². The van der Waals surface area contributed by atoms with Crippen LogP contribution in [0.15, 0.2) is 34.7 Å². The Morgan fingerprint density at radius 1 is 1.39 bits per heavy atom. The molecule has 1 heterocycles. The highest BCUT2D eigenvalue weighted by atomic mass is 16.4. The van der Waals surface area contributed by atoms with E-state index in [0.717, 1.165) is 23.4 Å². The zero-order chi connectivity index (χ0) is 12.5. The van der Waals surface area contributed by atoms with Gasteiger partial charge < -0.3 is 14.4 Å². The highest BCUT2D eigenvalue weighted by molar-refractivity contribution is 5.77. The largest absolute Gasteiger partial charge is 0.458 e. The lowest BCUT2D eigenvalue weighted by atomic mass is 10.2. The van der Waals surface area contributed by atoms with Crippen molar-refractivity contribution < 1.29 is 9.52 Å². The van der Waals surface area contributed by atoms with Crippen LogP contribution in [0.25, 0.3) is 11.0 Å². The fourth-order valence-corrected chi connectivity index (χ4v) is 2.37. The number of rotatable bonds is 5. The number of furan rings is 1. The standard InChI is InChI=1S/C15H19NO2/c1-16(9-11-6-7-11)10-13(17)15-8-12-4-2-3-5-14(12)18-15/h2-5,8,11,13,17H,6-7,9-10H2,1H3. The van der Waals surface area contributed by atoms with Gasteiger partial charge in [0.15, 0.2) is 0 Å². The van der Waals surface area contributed by atoms with E-state index in [1.165, 1.54) is 12.8 Å². The molecule has 1 aliphatic carbocycles. The van der Waals surface area contributed by atoms with Crippen molar-refractivity contribution in [2.75, 3.05) is 20.1 Å². The average Bonchev–Trinajstić information content (AvgIpc) is 3.05. The Labute approximate surface area is 107 Å². The topological polar surface area (TPSA) is 36.6 Å². The first-order valence-electron chi connectivity index (χ1n) is 6.57. The molecule has 18 heavy (non-hydrogen) atoms. The molecule has 3 heteroatoms. The Hall–Kier alpha value is -1.32. The van der Waals surface area contributed by atoms with Crippen LogP contribution in [0.5, 0.6) is 0 Å². The summed E-state index contributed by atoms with van der Waals surface area (Å²) in [6.07, 6.45) is 2.14. The predicted molar refractivity (Wildman–Crippen MR) is 71.4 cm³/mol. The number of benzene rings is 1. The van der Waals surface area contributed by atoms with E-state index in [9.17, 15) is 5.11 Å². The number of likely N-dealkylation sites (N-methyl/N-ethyl adjacent to an activating group) is 1. The van der Waals surface area contributed by atoms with Crippen LogP contribution < -0.4 is 0 Å². The molecule has 0 aliphatic heterocycles. The maximum Gasteiger partial charge on any atom is 0.135 e. The molecule has 2 aromatic rings. The maximum absolute atomic E-state index is 10.2. The molecule has 3 rings (SSSR count). The highest BCUT2D eigenvalue weighted by Gasteiger charge is 2.24. The number of hydrogen-bond donors (Lipinski definition) is 1. The SMILES string of the molecule is CN(CC1CC1)CC(O)c1cc2ccccc2o1. The van der Waals surface area contributed by atoms with Gasteiger partial charge in [0, 0.05) is 18.5 Å². The van der Waals surface area contributed by atoms with Crippen LogP contribution in [0.3, 0.4) is 0 Å². The van der Waals surface area contributed by atoms with Crippen molar-refractivity contribution in [3.63, 3.8) is 0 Å². The number of aliphatic hydroxyl groups is 1. The summed E-state index contributed by atoms with van der Waals surface area (Å²) in [5.74, 6) is 1.51. The molecule has 1 aromatic heterocycles. The molecule has 3 nitrogen and oxygen atoms in total. The van der Waals surface area contributed by atoms with Crippen LogP contribution in [0.4, 0.5) is 0 Å². The number of para-hydroxylation sites is 1. The van der Waals surface area contributed by atoms with Gasteiger partial charge in [0.25, 0.3) is 0 Å². The molecule has 0 amide bonds. The summed E-state index contributed by atoms with van der Waals surface area (Å²) < 4.78 is 5.67. The van der Waals surface area contributed by atoms with E-state index < -0.39 is 6.10 Å². The maximum atomic E-state index is 10.2. The summed E-state index contributed by atoms with van der Waals surface area (Å²) in [6.45, 7) is 1.72. The smallest absolute Gasteiger partial charge is 0.135 e. The van der Waals surface area contributed by atoms with Crippen molar-refractivity contribution in [2.24, 2.45) is 5.92 Å². The summed E-state index contributed by atoms with van der Waals surface area (Å²) in [7, 11) is 2.06. The summed E-state index contributed by atoms with van der Waals surface area (Å²) in [5, 5.41) is 11.2. The van der Waals surface area contributed by atoms with E-state index in [1.54, 1.807) is 0 Å². The lowest BCUT2D eigenvalue weighted by Gasteiger charge is -2.18. The fraction of sp³-hybridized carbons (Fsp3) is 0.467. The Kier molecular flexibility index (Phi) is 3.10. The molecule has 1 N–H and O–H groups in total. The third-order valence-corrected chi connectivity index (χ3v) is 3.52. The van der Waals surface area contributed by atoms with E-state index in [4.69, 9.17) is 4.42 Å². The van der Waals surface area contributed by atoms with E-state index in [-0.39, 0.29) is 0 Å². The van der Waals surface area contributed by atoms with Gasteiger partial charge >= 0.3 is 0 Å². The van der Waals surface area contributed by atoms with Crippen molar-refractivity contribution in [3.05, 3.63) is 36.1 Å². The summed E-state index contributed by atoms with van der Waals surface area (Å²) in [4.78, 5) is 2.19. The Morgan fingerprint density at radius 2 is 2.17 bits per heavy atom. The zero-order valence-electron chi connectivity index (χ0n) is 10.7. The third kappa shape index (κ3) is 2.57. The normalized spacial score (nSPS) is 17.5. The number of aliphatic hydroxyl groups excluding tert-OH is 1. The third-order valence-electron chi connectivity index (χ3n) is 3.52. The fourth-order valence-electron chi connectivity index (χ4n) is 2.37. The quantitative estimate of drug-likeness (QED) is 0.880. The predicted octanol–water partition coefficient (Wildman–Crippen LogP) is 2.81. The molecule has 1 fully saturated rings. The number of nitrogens with zero attached hydrogens (tertiary/aromatic N) is 1. The lowest BCUT2D eigenvalue weighted by Crippen LogP contribution is -2.26. The van der Waals surface area contributed by atoms with Gasteiger partial charge in [0.05, 0.1) is 0 Å². The van der Waals surface area contributed by atoms with Gasteiger partial charge in [-0.2, -0.15) is 0 Å². The summed E-state index contributed by atoms with van der Waals surface area (Å²) >= 11 is 0. The molecule has 1 aliphatic rings. The monoisotopic (exact) mass is 245 g/mol. The molecule has 1 atom stereocenters. The first-order chi connectivity index (χ1) is 8.72. The van der Waals surface area contributed by atoms with Gasteiger partial charge in [-0.3, -0.25) is 0 Å². The first-order valence-corrected chi connectivity index (χ1v) is 6.57. The Morgan fingerprint density at radius 3 is 2.89 bits per heavy atom. The second kappa shape index (κ2) is 4.75. The van der Waals surface area contributed by atoms with Gasteiger partial charge in [-0.25, -0.2) is 0 Å². The van der Waals surface area contributed by atoms with Gasteiger partial charge in [-0.15, -0.1) is 0 Å². The average molecular weight is 245 g/mol. The van der Waals surface area contributed by atoms with Gasteiger partial charge in [0.2, 0.25) is 0 Å². The van der Waals surface area contributed by atoms with Crippen molar-refractivity contribution in [1.29, 1.82) is 0 Å². The molecule has 1 unspecified atom stereocenters. The van der Waals surface area contributed by atoms with E-state index >= 15 is 0 Å².